The fourth-order valence-corrected chi connectivity index (χ4v) is 3.49. The summed E-state index contributed by atoms with van der Waals surface area (Å²) < 4.78 is 11.0. The molecule has 2 heterocycles. The molecule has 1 aromatic rings. The van der Waals surface area contributed by atoms with E-state index < -0.39 is 0 Å². The van der Waals surface area contributed by atoms with E-state index in [0.29, 0.717) is 12.8 Å². The third-order valence-corrected chi connectivity index (χ3v) is 4.51. The van der Waals surface area contributed by atoms with Crippen LogP contribution < -0.4 is 14.8 Å². The van der Waals surface area contributed by atoms with Crippen molar-refractivity contribution >= 4 is 11.8 Å². The molecule has 3 rings (SSSR count). The van der Waals surface area contributed by atoms with Crippen LogP contribution in [0.1, 0.15) is 24.8 Å². The Morgan fingerprint density at radius 2 is 2.28 bits per heavy atom. The normalized spacial score (nSPS) is 22.2. The number of fused-ring (bicyclic) bond motifs is 1. The summed E-state index contributed by atoms with van der Waals surface area (Å²) in [5.74, 6) is 1.83. The van der Waals surface area contributed by atoms with Gasteiger partial charge >= 0.3 is 0 Å². The average molecular weight is 265 g/mol. The molecule has 0 radical (unpaired) electrons. The lowest BCUT2D eigenvalue weighted by Crippen LogP contribution is -2.35. The van der Waals surface area contributed by atoms with E-state index in [-0.39, 0.29) is 0 Å². The van der Waals surface area contributed by atoms with Crippen molar-refractivity contribution in [3.8, 4) is 11.5 Å². The highest BCUT2D eigenvalue weighted by atomic mass is 32.2. The minimum atomic E-state index is 0.355. The number of hydrogen-bond donors (Lipinski definition) is 1. The maximum Gasteiger partial charge on any atom is 0.231 e. The minimum absolute atomic E-state index is 0.355. The summed E-state index contributed by atoms with van der Waals surface area (Å²) in [7, 11) is 0. The molecule has 0 amide bonds. The van der Waals surface area contributed by atoms with Gasteiger partial charge in [-0.15, -0.1) is 11.8 Å². The maximum absolute atomic E-state index is 5.59. The van der Waals surface area contributed by atoms with E-state index in [1.807, 2.05) is 6.07 Å². The summed E-state index contributed by atoms with van der Waals surface area (Å²) in [5, 5.41) is 3.61. The van der Waals surface area contributed by atoms with Crippen molar-refractivity contribution in [3.05, 3.63) is 17.7 Å². The molecule has 2 aliphatic rings. The van der Waals surface area contributed by atoms with E-state index >= 15 is 0 Å². The Morgan fingerprint density at radius 3 is 3.06 bits per heavy atom. The minimum Gasteiger partial charge on any atom is -0.454 e. The summed E-state index contributed by atoms with van der Waals surface area (Å²) in [6.07, 6.45) is 7.13. The molecule has 2 aliphatic heterocycles. The van der Waals surface area contributed by atoms with Gasteiger partial charge in [0.1, 0.15) is 0 Å². The lowest BCUT2D eigenvalue weighted by Gasteiger charge is -2.24. The van der Waals surface area contributed by atoms with Crippen LogP contribution in [0.25, 0.3) is 0 Å². The lowest BCUT2D eigenvalue weighted by molar-refractivity contribution is 0.172. The first kappa shape index (κ1) is 12.2. The Balaban J connectivity index is 1.82. The first-order valence-electron chi connectivity index (χ1n) is 6.57. The van der Waals surface area contributed by atoms with Gasteiger partial charge in [-0.2, -0.15) is 0 Å². The van der Waals surface area contributed by atoms with Crippen LogP contribution >= 0.6 is 11.8 Å². The van der Waals surface area contributed by atoms with Crippen molar-refractivity contribution in [2.24, 2.45) is 0 Å². The average Bonchev–Trinajstić information content (AvgIpc) is 2.88. The Bertz CT molecular complexity index is 430. The fourth-order valence-electron chi connectivity index (χ4n) is 2.74. The largest absolute Gasteiger partial charge is 0.454 e. The maximum atomic E-state index is 5.59. The molecule has 3 nitrogen and oxygen atoms in total. The highest BCUT2D eigenvalue weighted by molar-refractivity contribution is 7.98. The Kier molecular flexibility index (Phi) is 3.66. The Labute approximate surface area is 112 Å². The standard InChI is InChI=1S/C14H19NO2S/c1-18-14-10(8-11-4-2-3-7-15-11)5-6-12-13(14)17-9-16-12/h5-6,11,15H,2-4,7-9H2,1H3. The molecule has 0 spiro atoms. The molecule has 0 aromatic heterocycles. The predicted molar refractivity (Wildman–Crippen MR) is 73.7 cm³/mol. The van der Waals surface area contributed by atoms with Gasteiger partial charge in [0.05, 0.1) is 4.90 Å². The monoisotopic (exact) mass is 265 g/mol. The molecule has 4 heteroatoms. The second-order valence-corrected chi connectivity index (χ2v) is 5.66. The van der Waals surface area contributed by atoms with E-state index in [9.17, 15) is 0 Å². The van der Waals surface area contributed by atoms with Crippen molar-refractivity contribution in [3.63, 3.8) is 0 Å². The van der Waals surface area contributed by atoms with Crippen LogP contribution in [-0.2, 0) is 6.42 Å². The third-order valence-electron chi connectivity index (χ3n) is 3.66. The van der Waals surface area contributed by atoms with Crippen molar-refractivity contribution < 1.29 is 9.47 Å². The second kappa shape index (κ2) is 5.41. The summed E-state index contributed by atoms with van der Waals surface area (Å²) >= 11 is 1.76. The number of piperidine rings is 1. The summed E-state index contributed by atoms with van der Waals surface area (Å²) in [6, 6.07) is 4.85. The van der Waals surface area contributed by atoms with Gasteiger partial charge in [-0.25, -0.2) is 0 Å². The number of thioether (sulfide) groups is 1. The van der Waals surface area contributed by atoms with Crippen LogP contribution in [0.4, 0.5) is 0 Å². The van der Waals surface area contributed by atoms with Gasteiger partial charge in [0.15, 0.2) is 11.5 Å². The molecule has 1 fully saturated rings. The molecular weight excluding hydrogens is 246 g/mol. The van der Waals surface area contributed by atoms with Crippen molar-refractivity contribution in [2.75, 3.05) is 19.6 Å². The molecule has 18 heavy (non-hydrogen) atoms. The quantitative estimate of drug-likeness (QED) is 0.851. The van der Waals surface area contributed by atoms with Crippen molar-refractivity contribution in [1.29, 1.82) is 0 Å². The van der Waals surface area contributed by atoms with Gasteiger partial charge in [-0.1, -0.05) is 12.5 Å². The van der Waals surface area contributed by atoms with Crippen molar-refractivity contribution in [2.45, 2.75) is 36.6 Å². The molecule has 1 unspecified atom stereocenters. The molecule has 1 aromatic carbocycles. The van der Waals surface area contributed by atoms with Gasteiger partial charge in [0.25, 0.3) is 0 Å². The van der Waals surface area contributed by atoms with Crippen LogP contribution in [-0.4, -0.2) is 25.6 Å². The zero-order valence-electron chi connectivity index (χ0n) is 10.7. The second-order valence-electron chi connectivity index (χ2n) is 4.84. The first-order valence-corrected chi connectivity index (χ1v) is 7.80. The Hall–Kier alpha value is -0.870. The summed E-state index contributed by atoms with van der Waals surface area (Å²) in [6.45, 7) is 1.51. The molecule has 0 saturated carbocycles. The van der Waals surface area contributed by atoms with E-state index in [1.165, 1.54) is 29.7 Å². The predicted octanol–water partition coefficient (Wildman–Crippen LogP) is 2.82. The van der Waals surface area contributed by atoms with E-state index in [4.69, 9.17) is 9.47 Å². The fraction of sp³-hybridized carbons (Fsp3) is 0.571. The number of hydrogen-bond acceptors (Lipinski definition) is 4. The summed E-state index contributed by atoms with van der Waals surface area (Å²) in [5.41, 5.74) is 1.38. The molecule has 1 saturated heterocycles. The highest BCUT2D eigenvalue weighted by Crippen LogP contribution is 2.42. The van der Waals surface area contributed by atoms with E-state index in [2.05, 4.69) is 17.6 Å². The van der Waals surface area contributed by atoms with Crippen LogP contribution in [0.3, 0.4) is 0 Å². The van der Waals surface area contributed by atoms with Crippen LogP contribution in [0.2, 0.25) is 0 Å². The highest BCUT2D eigenvalue weighted by Gasteiger charge is 2.22. The third kappa shape index (κ3) is 2.31. The number of rotatable bonds is 3. The summed E-state index contributed by atoms with van der Waals surface area (Å²) in [4.78, 5) is 1.25. The molecule has 0 aliphatic carbocycles. The van der Waals surface area contributed by atoms with Crippen LogP contribution in [0, 0.1) is 0 Å². The van der Waals surface area contributed by atoms with Gasteiger partial charge in [-0.05, 0) is 43.7 Å². The van der Waals surface area contributed by atoms with E-state index in [0.717, 1.165) is 24.5 Å². The van der Waals surface area contributed by atoms with Gasteiger partial charge < -0.3 is 14.8 Å². The van der Waals surface area contributed by atoms with Gasteiger partial charge in [0.2, 0.25) is 6.79 Å². The lowest BCUT2D eigenvalue weighted by atomic mass is 9.97. The SMILES string of the molecule is CSc1c(CC2CCCCN2)ccc2c1OCO2. The van der Waals surface area contributed by atoms with Crippen LogP contribution in [0.5, 0.6) is 11.5 Å². The van der Waals surface area contributed by atoms with E-state index in [1.54, 1.807) is 11.8 Å². The topological polar surface area (TPSA) is 30.5 Å². The smallest absolute Gasteiger partial charge is 0.231 e. The number of benzene rings is 1. The number of nitrogens with one attached hydrogen (secondary N) is 1. The zero-order chi connectivity index (χ0) is 12.4. The molecule has 0 bridgehead atoms. The number of ether oxygens (including phenoxy) is 2. The Morgan fingerprint density at radius 1 is 1.33 bits per heavy atom. The molecular formula is C14H19NO2S. The van der Waals surface area contributed by atoms with Crippen LogP contribution in [0.15, 0.2) is 17.0 Å². The van der Waals surface area contributed by atoms with Crippen molar-refractivity contribution in [1.82, 2.24) is 5.32 Å². The van der Waals surface area contributed by atoms with Gasteiger partial charge in [0, 0.05) is 6.04 Å². The first-order chi connectivity index (χ1) is 8.88. The molecule has 1 atom stereocenters. The van der Waals surface area contributed by atoms with Gasteiger partial charge in [-0.3, -0.25) is 0 Å². The zero-order valence-corrected chi connectivity index (χ0v) is 11.5. The molecule has 1 N–H and O–H groups in total. The molecule has 98 valence electrons.